The summed E-state index contributed by atoms with van der Waals surface area (Å²) in [5.74, 6) is -0.150. The standard InChI is InChI=1S/C18H25N3O4S/c1-18(2,3)26(23,24)21-13-6-4-12(5-7-13)17(22)20-14-8-9-16-15(10-14)19-11-25-16/h8-13,21H,4-7H2,1-3H3,(H,20,22). The molecule has 1 aromatic carbocycles. The Morgan fingerprint density at radius 3 is 2.54 bits per heavy atom. The number of oxazole rings is 1. The van der Waals surface area contributed by atoms with Crippen molar-refractivity contribution in [3.63, 3.8) is 0 Å². The maximum Gasteiger partial charge on any atom is 0.227 e. The van der Waals surface area contributed by atoms with Crippen LogP contribution in [0.5, 0.6) is 0 Å². The number of nitrogens with zero attached hydrogens (tertiary/aromatic N) is 1. The number of rotatable bonds is 4. The summed E-state index contributed by atoms with van der Waals surface area (Å²) in [6.45, 7) is 5.04. The van der Waals surface area contributed by atoms with Gasteiger partial charge in [0.1, 0.15) is 5.52 Å². The van der Waals surface area contributed by atoms with Crippen molar-refractivity contribution in [2.24, 2.45) is 5.92 Å². The largest absolute Gasteiger partial charge is 0.443 e. The zero-order valence-corrected chi connectivity index (χ0v) is 16.1. The Bertz CT molecular complexity index is 891. The van der Waals surface area contributed by atoms with Crippen LogP contribution in [-0.2, 0) is 14.8 Å². The second kappa shape index (κ2) is 7.00. The van der Waals surface area contributed by atoms with Crippen LogP contribution in [0.15, 0.2) is 29.0 Å². The zero-order chi connectivity index (χ0) is 18.9. The average Bonchev–Trinajstić information content (AvgIpc) is 3.01. The number of hydrogen-bond donors (Lipinski definition) is 2. The van der Waals surface area contributed by atoms with Gasteiger partial charge in [0.05, 0.1) is 4.75 Å². The van der Waals surface area contributed by atoms with Crippen LogP contribution < -0.4 is 10.0 Å². The van der Waals surface area contributed by atoms with E-state index < -0.39 is 14.8 Å². The van der Waals surface area contributed by atoms with Crippen molar-refractivity contribution < 1.29 is 17.6 Å². The van der Waals surface area contributed by atoms with E-state index in [1.807, 2.05) is 0 Å². The Hall–Kier alpha value is -1.93. The molecule has 1 aromatic heterocycles. The van der Waals surface area contributed by atoms with Crippen LogP contribution in [0.3, 0.4) is 0 Å². The van der Waals surface area contributed by atoms with Crippen LogP contribution in [0.1, 0.15) is 46.5 Å². The van der Waals surface area contributed by atoms with Gasteiger partial charge in [-0.25, -0.2) is 18.1 Å². The molecule has 0 radical (unpaired) electrons. The summed E-state index contributed by atoms with van der Waals surface area (Å²) in [5, 5.41) is 2.92. The van der Waals surface area contributed by atoms with E-state index in [0.29, 0.717) is 42.5 Å². The lowest BCUT2D eigenvalue weighted by Gasteiger charge is -2.30. The van der Waals surface area contributed by atoms with Gasteiger partial charge in [-0.15, -0.1) is 0 Å². The lowest BCUT2D eigenvalue weighted by atomic mass is 9.86. The lowest BCUT2D eigenvalue weighted by Crippen LogP contribution is -2.46. The van der Waals surface area contributed by atoms with Gasteiger partial charge < -0.3 is 9.73 Å². The van der Waals surface area contributed by atoms with E-state index in [4.69, 9.17) is 4.42 Å². The maximum absolute atomic E-state index is 12.5. The molecule has 0 unspecified atom stereocenters. The molecule has 1 amide bonds. The summed E-state index contributed by atoms with van der Waals surface area (Å²) in [4.78, 5) is 16.6. The number of sulfonamides is 1. The number of anilines is 1. The van der Waals surface area contributed by atoms with Crippen LogP contribution in [-0.4, -0.2) is 30.1 Å². The third kappa shape index (κ3) is 4.07. The number of benzene rings is 1. The molecule has 0 bridgehead atoms. The van der Waals surface area contributed by atoms with Crippen LogP contribution in [0, 0.1) is 5.92 Å². The topological polar surface area (TPSA) is 101 Å². The second-order valence-corrected chi connectivity index (χ2v) is 10.3. The number of carbonyl (C=O) groups excluding carboxylic acids is 1. The monoisotopic (exact) mass is 379 g/mol. The van der Waals surface area contributed by atoms with E-state index in [1.54, 1.807) is 39.0 Å². The molecule has 3 rings (SSSR count). The molecule has 1 saturated carbocycles. The van der Waals surface area contributed by atoms with E-state index in [1.165, 1.54) is 6.39 Å². The third-order valence-electron chi connectivity index (χ3n) is 4.82. The molecule has 142 valence electrons. The summed E-state index contributed by atoms with van der Waals surface area (Å²) in [5.41, 5.74) is 2.06. The predicted molar refractivity (Wildman–Crippen MR) is 100 cm³/mol. The second-order valence-electron chi connectivity index (χ2n) is 7.81. The highest BCUT2D eigenvalue weighted by atomic mass is 32.2. The molecule has 26 heavy (non-hydrogen) atoms. The van der Waals surface area contributed by atoms with Crippen molar-refractivity contribution in [3.8, 4) is 0 Å². The van der Waals surface area contributed by atoms with Crippen molar-refractivity contribution in [1.29, 1.82) is 0 Å². The van der Waals surface area contributed by atoms with E-state index in [0.717, 1.165) is 0 Å². The van der Waals surface area contributed by atoms with Gasteiger partial charge in [0.2, 0.25) is 15.9 Å². The van der Waals surface area contributed by atoms with Gasteiger partial charge in [-0.05, 0) is 64.7 Å². The molecule has 0 aliphatic heterocycles. The molecule has 1 heterocycles. The third-order valence-corrected chi connectivity index (χ3v) is 7.08. The molecule has 1 fully saturated rings. The molecule has 2 N–H and O–H groups in total. The first-order valence-corrected chi connectivity index (χ1v) is 10.3. The first kappa shape index (κ1) is 18.8. The van der Waals surface area contributed by atoms with Gasteiger partial charge in [-0.3, -0.25) is 4.79 Å². The van der Waals surface area contributed by atoms with Gasteiger partial charge in [-0.2, -0.15) is 0 Å². The fourth-order valence-electron chi connectivity index (χ4n) is 3.05. The van der Waals surface area contributed by atoms with Crippen molar-refractivity contribution in [2.75, 3.05) is 5.32 Å². The minimum atomic E-state index is -3.37. The summed E-state index contributed by atoms with van der Waals surface area (Å²) in [6, 6.07) is 5.24. The highest BCUT2D eigenvalue weighted by molar-refractivity contribution is 7.90. The summed E-state index contributed by atoms with van der Waals surface area (Å²) in [7, 11) is -3.37. The number of nitrogens with one attached hydrogen (secondary N) is 2. The first-order chi connectivity index (χ1) is 12.2. The molecule has 1 aliphatic rings. The summed E-state index contributed by atoms with van der Waals surface area (Å²) < 4.78 is 31.7. The first-order valence-electron chi connectivity index (χ1n) is 8.82. The SMILES string of the molecule is CC(C)(C)S(=O)(=O)NC1CCC(C(=O)Nc2ccc3ocnc3c2)CC1. The Balaban J connectivity index is 1.55. The van der Waals surface area contributed by atoms with Gasteiger partial charge in [0, 0.05) is 17.6 Å². The lowest BCUT2D eigenvalue weighted by molar-refractivity contribution is -0.120. The number of carbonyl (C=O) groups is 1. The van der Waals surface area contributed by atoms with Gasteiger partial charge in [0.25, 0.3) is 0 Å². The van der Waals surface area contributed by atoms with Gasteiger partial charge >= 0.3 is 0 Å². The highest BCUT2D eigenvalue weighted by Gasteiger charge is 2.34. The van der Waals surface area contributed by atoms with Crippen LogP contribution >= 0.6 is 0 Å². The minimum absolute atomic E-state index is 0.0371. The number of aromatic nitrogens is 1. The Kier molecular flexibility index (Phi) is 5.07. The molecular formula is C18H25N3O4S. The van der Waals surface area contributed by atoms with E-state index in [9.17, 15) is 13.2 Å². The van der Waals surface area contributed by atoms with Gasteiger partial charge in [0.15, 0.2) is 12.0 Å². The van der Waals surface area contributed by atoms with Crippen molar-refractivity contribution >= 4 is 32.7 Å². The Labute approximate surface area is 153 Å². The van der Waals surface area contributed by atoms with E-state index in [-0.39, 0.29) is 17.9 Å². The van der Waals surface area contributed by atoms with Gasteiger partial charge in [-0.1, -0.05) is 0 Å². The average molecular weight is 379 g/mol. The van der Waals surface area contributed by atoms with E-state index >= 15 is 0 Å². The van der Waals surface area contributed by atoms with Crippen molar-refractivity contribution in [3.05, 3.63) is 24.6 Å². The quantitative estimate of drug-likeness (QED) is 0.850. The smallest absolute Gasteiger partial charge is 0.227 e. The summed E-state index contributed by atoms with van der Waals surface area (Å²) in [6.07, 6.45) is 4.02. The van der Waals surface area contributed by atoms with Crippen LogP contribution in [0.4, 0.5) is 5.69 Å². The Morgan fingerprint density at radius 2 is 1.88 bits per heavy atom. The zero-order valence-electron chi connectivity index (χ0n) is 15.3. The molecule has 0 atom stereocenters. The summed E-state index contributed by atoms with van der Waals surface area (Å²) >= 11 is 0. The molecule has 2 aromatic rings. The van der Waals surface area contributed by atoms with Crippen LogP contribution in [0.25, 0.3) is 11.1 Å². The van der Waals surface area contributed by atoms with Crippen molar-refractivity contribution in [1.82, 2.24) is 9.71 Å². The number of amides is 1. The molecule has 0 spiro atoms. The maximum atomic E-state index is 12.5. The predicted octanol–water partition coefficient (Wildman–Crippen LogP) is 3.04. The van der Waals surface area contributed by atoms with Crippen molar-refractivity contribution in [2.45, 2.75) is 57.2 Å². The minimum Gasteiger partial charge on any atom is -0.443 e. The molecule has 7 nitrogen and oxygen atoms in total. The fourth-order valence-corrected chi connectivity index (χ4v) is 4.08. The molecular weight excluding hydrogens is 354 g/mol. The molecule has 8 heteroatoms. The fraction of sp³-hybridized carbons (Fsp3) is 0.556. The number of fused-ring (bicyclic) bond motifs is 1. The molecule has 0 saturated heterocycles. The van der Waals surface area contributed by atoms with Crippen LogP contribution in [0.2, 0.25) is 0 Å². The van der Waals surface area contributed by atoms with E-state index in [2.05, 4.69) is 15.0 Å². The normalized spacial score (nSPS) is 21.7. The number of hydrogen-bond acceptors (Lipinski definition) is 5. The highest BCUT2D eigenvalue weighted by Crippen LogP contribution is 2.28. The molecule has 1 aliphatic carbocycles. The Morgan fingerprint density at radius 1 is 1.19 bits per heavy atom.